The molecule has 8 heteroatoms. The van der Waals surface area contributed by atoms with E-state index in [4.69, 9.17) is 15.2 Å². The van der Waals surface area contributed by atoms with Gasteiger partial charge in [-0.3, -0.25) is 4.99 Å². The van der Waals surface area contributed by atoms with E-state index in [1.807, 2.05) is 25.7 Å². The standard InChI is InChI=1S/C17H34N4O3.HI/c1-5-6-13-23-14-7-8-19-15(18)20-9-11-21(12-10-20)16(22)24-17(2,3)4;/h5-14H2,1-4H3,(H2,18,19);1H. The average Bonchev–Trinajstić information content (AvgIpc) is 2.52. The first-order valence-corrected chi connectivity index (χ1v) is 8.94. The number of hydrogen-bond donors (Lipinski definition) is 1. The van der Waals surface area contributed by atoms with Gasteiger partial charge in [0.25, 0.3) is 0 Å². The van der Waals surface area contributed by atoms with Crippen LogP contribution >= 0.6 is 24.0 Å². The van der Waals surface area contributed by atoms with Crippen LogP contribution in [0.3, 0.4) is 0 Å². The summed E-state index contributed by atoms with van der Waals surface area (Å²) in [6.45, 7) is 12.6. The zero-order chi connectivity index (χ0) is 18.0. The van der Waals surface area contributed by atoms with E-state index in [0.29, 0.717) is 38.7 Å². The second-order valence-corrected chi connectivity index (χ2v) is 7.01. The fourth-order valence-electron chi connectivity index (χ4n) is 2.25. The Labute approximate surface area is 169 Å². The number of amides is 1. The van der Waals surface area contributed by atoms with Crippen molar-refractivity contribution in [2.45, 2.75) is 52.6 Å². The van der Waals surface area contributed by atoms with E-state index < -0.39 is 5.60 Å². The summed E-state index contributed by atoms with van der Waals surface area (Å²) in [4.78, 5) is 20.2. The highest BCUT2D eigenvalue weighted by Gasteiger charge is 2.26. The van der Waals surface area contributed by atoms with Crippen LogP contribution in [-0.2, 0) is 9.47 Å². The van der Waals surface area contributed by atoms with Crippen LogP contribution < -0.4 is 5.73 Å². The van der Waals surface area contributed by atoms with Crippen molar-refractivity contribution in [1.82, 2.24) is 9.80 Å². The normalized spacial score (nSPS) is 15.8. The molecular formula is C17H35IN4O3. The minimum atomic E-state index is -0.464. The van der Waals surface area contributed by atoms with Crippen molar-refractivity contribution < 1.29 is 14.3 Å². The summed E-state index contributed by atoms with van der Waals surface area (Å²) in [5.74, 6) is 0.549. The van der Waals surface area contributed by atoms with Gasteiger partial charge in [-0.25, -0.2) is 4.79 Å². The SMILES string of the molecule is CCCCOCCCN=C(N)N1CCN(C(=O)OC(C)(C)C)CC1.I. The first-order valence-electron chi connectivity index (χ1n) is 8.94. The zero-order valence-electron chi connectivity index (χ0n) is 16.1. The van der Waals surface area contributed by atoms with Crippen molar-refractivity contribution in [1.29, 1.82) is 0 Å². The van der Waals surface area contributed by atoms with E-state index in [0.717, 1.165) is 32.5 Å². The predicted molar refractivity (Wildman–Crippen MR) is 112 cm³/mol. The Morgan fingerprint density at radius 1 is 1.08 bits per heavy atom. The molecule has 2 N–H and O–H groups in total. The molecule has 1 fully saturated rings. The van der Waals surface area contributed by atoms with Gasteiger partial charge in [0.1, 0.15) is 5.60 Å². The van der Waals surface area contributed by atoms with Gasteiger partial charge in [0.05, 0.1) is 0 Å². The first kappa shape index (κ1) is 24.2. The van der Waals surface area contributed by atoms with Crippen LogP contribution in [0.5, 0.6) is 0 Å². The zero-order valence-corrected chi connectivity index (χ0v) is 18.5. The van der Waals surface area contributed by atoms with Gasteiger partial charge in [-0.15, -0.1) is 24.0 Å². The molecule has 0 aromatic carbocycles. The second kappa shape index (κ2) is 12.6. The minimum absolute atomic E-state index is 0. The lowest BCUT2D eigenvalue weighted by atomic mass is 10.2. The number of unbranched alkanes of at least 4 members (excludes halogenated alkanes) is 1. The molecule has 1 amide bonds. The average molecular weight is 470 g/mol. The van der Waals surface area contributed by atoms with Gasteiger partial charge in [-0.05, 0) is 33.6 Å². The number of carbonyl (C=O) groups is 1. The van der Waals surface area contributed by atoms with Gasteiger partial charge >= 0.3 is 6.09 Å². The maximum Gasteiger partial charge on any atom is 0.410 e. The van der Waals surface area contributed by atoms with Gasteiger partial charge in [-0.2, -0.15) is 0 Å². The van der Waals surface area contributed by atoms with Crippen LogP contribution in [0.25, 0.3) is 0 Å². The second-order valence-electron chi connectivity index (χ2n) is 7.01. The lowest BCUT2D eigenvalue weighted by Gasteiger charge is -2.36. The van der Waals surface area contributed by atoms with Crippen molar-refractivity contribution in [2.24, 2.45) is 10.7 Å². The van der Waals surface area contributed by atoms with Gasteiger partial charge in [0.2, 0.25) is 0 Å². The Morgan fingerprint density at radius 2 is 1.64 bits per heavy atom. The summed E-state index contributed by atoms with van der Waals surface area (Å²) in [6.07, 6.45) is 2.87. The van der Waals surface area contributed by atoms with E-state index >= 15 is 0 Å². The molecule has 1 aliphatic heterocycles. The van der Waals surface area contributed by atoms with E-state index in [-0.39, 0.29) is 30.1 Å². The minimum Gasteiger partial charge on any atom is -0.444 e. The molecule has 0 spiro atoms. The Hall–Kier alpha value is -0.770. The summed E-state index contributed by atoms with van der Waals surface area (Å²) in [6, 6.07) is 0. The van der Waals surface area contributed by atoms with Crippen LogP contribution in [0.4, 0.5) is 4.79 Å². The number of ether oxygens (including phenoxy) is 2. The quantitative estimate of drug-likeness (QED) is 0.268. The molecule has 0 radical (unpaired) electrons. The highest BCUT2D eigenvalue weighted by atomic mass is 127. The molecule has 0 atom stereocenters. The molecule has 0 aromatic heterocycles. The molecule has 0 saturated carbocycles. The molecule has 1 heterocycles. The largest absolute Gasteiger partial charge is 0.444 e. The molecule has 1 aliphatic rings. The smallest absolute Gasteiger partial charge is 0.410 e. The fraction of sp³-hybridized carbons (Fsp3) is 0.882. The summed E-state index contributed by atoms with van der Waals surface area (Å²) >= 11 is 0. The van der Waals surface area contributed by atoms with Gasteiger partial charge in [0, 0.05) is 45.9 Å². The summed E-state index contributed by atoms with van der Waals surface area (Å²) < 4.78 is 10.9. The molecule has 0 aliphatic carbocycles. The highest BCUT2D eigenvalue weighted by Crippen LogP contribution is 2.11. The van der Waals surface area contributed by atoms with Gasteiger partial charge in [0.15, 0.2) is 5.96 Å². The first-order chi connectivity index (χ1) is 11.3. The van der Waals surface area contributed by atoms with Gasteiger partial charge < -0.3 is 25.0 Å². The van der Waals surface area contributed by atoms with Gasteiger partial charge in [-0.1, -0.05) is 13.3 Å². The van der Waals surface area contributed by atoms with Crippen molar-refractivity contribution in [3.63, 3.8) is 0 Å². The predicted octanol–water partition coefficient (Wildman–Crippen LogP) is 2.68. The third kappa shape index (κ3) is 10.7. The Bertz CT molecular complexity index is 405. The molecule has 1 saturated heterocycles. The van der Waals surface area contributed by atoms with Crippen LogP contribution in [0, 0.1) is 0 Å². The summed E-state index contributed by atoms with van der Waals surface area (Å²) in [5.41, 5.74) is 5.57. The number of guanidine groups is 1. The maximum absolute atomic E-state index is 12.0. The maximum atomic E-state index is 12.0. The molecule has 1 rings (SSSR count). The molecule has 0 aromatic rings. The van der Waals surface area contributed by atoms with Crippen molar-refractivity contribution in [2.75, 3.05) is 45.9 Å². The number of nitrogens with two attached hydrogens (primary N) is 1. The van der Waals surface area contributed by atoms with Crippen LogP contribution in [0.15, 0.2) is 4.99 Å². The van der Waals surface area contributed by atoms with E-state index in [2.05, 4.69) is 11.9 Å². The van der Waals surface area contributed by atoms with Crippen LogP contribution in [-0.4, -0.2) is 73.4 Å². The molecule has 25 heavy (non-hydrogen) atoms. The van der Waals surface area contributed by atoms with Crippen LogP contribution in [0.1, 0.15) is 47.0 Å². The number of hydrogen-bond acceptors (Lipinski definition) is 4. The van der Waals surface area contributed by atoms with E-state index in [1.54, 1.807) is 4.90 Å². The lowest BCUT2D eigenvalue weighted by Crippen LogP contribution is -2.53. The summed E-state index contributed by atoms with van der Waals surface area (Å²) in [5, 5.41) is 0. The van der Waals surface area contributed by atoms with Crippen LogP contribution in [0.2, 0.25) is 0 Å². The number of piperazine rings is 1. The molecular weight excluding hydrogens is 435 g/mol. The summed E-state index contributed by atoms with van der Waals surface area (Å²) in [7, 11) is 0. The number of rotatable bonds is 7. The topological polar surface area (TPSA) is 80.4 Å². The lowest BCUT2D eigenvalue weighted by molar-refractivity contribution is 0.0186. The van der Waals surface area contributed by atoms with E-state index in [9.17, 15) is 4.79 Å². The third-order valence-electron chi connectivity index (χ3n) is 3.62. The molecule has 7 nitrogen and oxygen atoms in total. The Balaban J connectivity index is 0.00000576. The monoisotopic (exact) mass is 470 g/mol. The number of carbonyl (C=O) groups excluding carboxylic acids is 1. The number of aliphatic imine (C=N–C) groups is 1. The van der Waals surface area contributed by atoms with Crippen molar-refractivity contribution in [3.8, 4) is 0 Å². The van der Waals surface area contributed by atoms with Crippen molar-refractivity contribution in [3.05, 3.63) is 0 Å². The highest BCUT2D eigenvalue weighted by molar-refractivity contribution is 14.0. The third-order valence-corrected chi connectivity index (χ3v) is 3.62. The fourth-order valence-corrected chi connectivity index (χ4v) is 2.25. The van der Waals surface area contributed by atoms with E-state index in [1.165, 1.54) is 0 Å². The number of halogens is 1. The Kier molecular flexibility index (Phi) is 12.2. The molecule has 0 unspecified atom stereocenters. The molecule has 0 bridgehead atoms. The Morgan fingerprint density at radius 3 is 2.20 bits per heavy atom. The van der Waals surface area contributed by atoms with Crippen molar-refractivity contribution >= 4 is 36.0 Å². The molecule has 148 valence electrons. The number of nitrogens with zero attached hydrogens (tertiary/aromatic N) is 3.